The molecule has 2 rings (SSSR count). The standard InChI is InChI=1S/C13H12N2O3S/c1-8(5-12(16)17)15-7-14-11-4-3-9(19-2)6-10(11)13(15)18/h3-7H,1-2H3,(H,16,17)/b8-5+. The molecule has 0 aliphatic heterocycles. The topological polar surface area (TPSA) is 72.2 Å². The van der Waals surface area contributed by atoms with Crippen molar-refractivity contribution < 1.29 is 9.90 Å². The van der Waals surface area contributed by atoms with E-state index in [-0.39, 0.29) is 5.56 Å². The van der Waals surface area contributed by atoms with Gasteiger partial charge < -0.3 is 5.11 Å². The largest absolute Gasteiger partial charge is 0.478 e. The van der Waals surface area contributed by atoms with E-state index in [9.17, 15) is 9.59 Å². The third-order valence-corrected chi connectivity index (χ3v) is 3.40. The van der Waals surface area contributed by atoms with Gasteiger partial charge in [0.25, 0.3) is 5.56 Å². The van der Waals surface area contributed by atoms with Gasteiger partial charge in [-0.3, -0.25) is 9.36 Å². The summed E-state index contributed by atoms with van der Waals surface area (Å²) in [6.45, 7) is 1.56. The van der Waals surface area contributed by atoms with E-state index in [0.717, 1.165) is 11.0 Å². The Bertz CT molecular complexity index is 734. The molecule has 0 fully saturated rings. The Morgan fingerprint density at radius 1 is 1.47 bits per heavy atom. The first-order chi connectivity index (χ1) is 9.02. The molecule has 0 radical (unpaired) electrons. The highest BCUT2D eigenvalue weighted by Gasteiger charge is 2.07. The van der Waals surface area contributed by atoms with Crippen LogP contribution in [0.3, 0.4) is 0 Å². The number of fused-ring (bicyclic) bond motifs is 1. The lowest BCUT2D eigenvalue weighted by Gasteiger charge is -2.06. The average Bonchev–Trinajstić information content (AvgIpc) is 2.38. The van der Waals surface area contributed by atoms with E-state index < -0.39 is 5.97 Å². The first-order valence-corrected chi connectivity index (χ1v) is 6.72. The number of carbonyl (C=O) groups is 1. The molecule has 6 heteroatoms. The van der Waals surface area contributed by atoms with Crippen molar-refractivity contribution in [2.45, 2.75) is 11.8 Å². The zero-order valence-electron chi connectivity index (χ0n) is 10.5. The molecule has 0 aliphatic carbocycles. The Balaban J connectivity index is 2.69. The lowest BCUT2D eigenvalue weighted by molar-refractivity contribution is -0.131. The second-order valence-corrected chi connectivity index (χ2v) is 4.81. The summed E-state index contributed by atoms with van der Waals surface area (Å²) in [6, 6.07) is 5.44. The third-order valence-electron chi connectivity index (χ3n) is 2.68. The van der Waals surface area contributed by atoms with Crippen LogP contribution >= 0.6 is 11.8 Å². The maximum atomic E-state index is 12.3. The Morgan fingerprint density at radius 3 is 2.84 bits per heavy atom. The minimum absolute atomic E-state index is 0.268. The van der Waals surface area contributed by atoms with Crippen LogP contribution in [0.2, 0.25) is 0 Å². The molecule has 1 aromatic carbocycles. The Hall–Kier alpha value is -2.08. The van der Waals surface area contributed by atoms with E-state index in [2.05, 4.69) is 4.98 Å². The average molecular weight is 276 g/mol. The van der Waals surface area contributed by atoms with Gasteiger partial charge in [0, 0.05) is 16.7 Å². The highest BCUT2D eigenvalue weighted by Crippen LogP contribution is 2.18. The maximum Gasteiger partial charge on any atom is 0.330 e. The Kier molecular flexibility index (Phi) is 3.71. The van der Waals surface area contributed by atoms with E-state index in [1.165, 1.54) is 22.7 Å². The highest BCUT2D eigenvalue weighted by atomic mass is 32.2. The van der Waals surface area contributed by atoms with Crippen molar-refractivity contribution in [2.24, 2.45) is 0 Å². The molecule has 5 nitrogen and oxygen atoms in total. The number of hydrogen-bond donors (Lipinski definition) is 1. The van der Waals surface area contributed by atoms with Crippen LogP contribution in [0.15, 0.2) is 40.3 Å². The van der Waals surface area contributed by atoms with Crippen LogP contribution in [0.4, 0.5) is 0 Å². The lowest BCUT2D eigenvalue weighted by Crippen LogP contribution is -2.19. The normalized spacial score (nSPS) is 11.8. The molecule has 0 saturated heterocycles. The molecule has 19 heavy (non-hydrogen) atoms. The number of carboxylic acid groups (broad SMARTS) is 1. The maximum absolute atomic E-state index is 12.3. The molecule has 1 heterocycles. The fourth-order valence-electron chi connectivity index (χ4n) is 1.73. The molecular weight excluding hydrogens is 264 g/mol. The number of thioether (sulfide) groups is 1. The highest BCUT2D eigenvalue weighted by molar-refractivity contribution is 7.98. The predicted octanol–water partition coefficient (Wildman–Crippen LogP) is 2.06. The van der Waals surface area contributed by atoms with Crippen LogP contribution in [0.1, 0.15) is 6.92 Å². The molecule has 0 saturated carbocycles. The number of carboxylic acids is 1. The summed E-state index contributed by atoms with van der Waals surface area (Å²) in [4.78, 5) is 28.1. The molecule has 0 atom stereocenters. The third kappa shape index (κ3) is 2.68. The molecular formula is C13H12N2O3S. The van der Waals surface area contributed by atoms with Crippen molar-refractivity contribution in [3.05, 3.63) is 41.0 Å². The van der Waals surface area contributed by atoms with Crippen molar-refractivity contribution in [1.29, 1.82) is 0 Å². The monoisotopic (exact) mass is 276 g/mol. The summed E-state index contributed by atoms with van der Waals surface area (Å²) in [6.07, 6.45) is 4.25. The van der Waals surface area contributed by atoms with Crippen LogP contribution in [0.5, 0.6) is 0 Å². The van der Waals surface area contributed by atoms with Crippen LogP contribution in [0.25, 0.3) is 16.6 Å². The van der Waals surface area contributed by atoms with Crippen LogP contribution < -0.4 is 5.56 Å². The Morgan fingerprint density at radius 2 is 2.21 bits per heavy atom. The smallest absolute Gasteiger partial charge is 0.330 e. The number of benzene rings is 1. The molecule has 1 N–H and O–H groups in total. The summed E-state index contributed by atoms with van der Waals surface area (Å²) >= 11 is 1.53. The minimum Gasteiger partial charge on any atom is -0.478 e. The number of hydrogen-bond acceptors (Lipinski definition) is 4. The molecule has 0 aliphatic rings. The number of allylic oxidation sites excluding steroid dienone is 1. The lowest BCUT2D eigenvalue weighted by atomic mass is 10.2. The molecule has 2 aromatic rings. The van der Waals surface area contributed by atoms with Gasteiger partial charge in [0.2, 0.25) is 0 Å². The van der Waals surface area contributed by atoms with E-state index in [4.69, 9.17) is 5.11 Å². The summed E-state index contributed by atoms with van der Waals surface area (Å²) in [5, 5.41) is 9.20. The molecule has 0 spiro atoms. The second kappa shape index (κ2) is 5.27. The van der Waals surface area contributed by atoms with Gasteiger partial charge in [0.1, 0.15) is 6.33 Å². The molecule has 1 aromatic heterocycles. The minimum atomic E-state index is -1.10. The zero-order chi connectivity index (χ0) is 14.0. The fraction of sp³-hybridized carbons (Fsp3) is 0.154. The van der Waals surface area contributed by atoms with E-state index >= 15 is 0 Å². The van der Waals surface area contributed by atoms with Gasteiger partial charge in [-0.2, -0.15) is 0 Å². The SMILES string of the molecule is CSc1ccc2ncn(/C(C)=C/C(=O)O)c(=O)c2c1. The summed E-state index contributed by atoms with van der Waals surface area (Å²) in [5.74, 6) is -1.10. The number of rotatable bonds is 3. The Labute approximate surface area is 113 Å². The number of nitrogens with zero attached hydrogens (tertiary/aromatic N) is 2. The molecule has 98 valence electrons. The fourth-order valence-corrected chi connectivity index (χ4v) is 2.17. The first kappa shape index (κ1) is 13.4. The molecule has 0 amide bonds. The molecule has 0 bridgehead atoms. The van der Waals surface area contributed by atoms with E-state index in [1.54, 1.807) is 19.1 Å². The van der Waals surface area contributed by atoms with Crippen molar-refractivity contribution >= 4 is 34.3 Å². The van der Waals surface area contributed by atoms with Crippen LogP contribution in [-0.4, -0.2) is 26.9 Å². The van der Waals surface area contributed by atoms with Crippen molar-refractivity contribution in [2.75, 3.05) is 6.26 Å². The van der Waals surface area contributed by atoms with Gasteiger partial charge in [-0.15, -0.1) is 11.8 Å². The van der Waals surface area contributed by atoms with Crippen molar-refractivity contribution in [3.63, 3.8) is 0 Å². The first-order valence-electron chi connectivity index (χ1n) is 5.50. The second-order valence-electron chi connectivity index (χ2n) is 3.93. The van der Waals surface area contributed by atoms with Gasteiger partial charge in [0.05, 0.1) is 10.9 Å². The van der Waals surface area contributed by atoms with Gasteiger partial charge >= 0.3 is 5.97 Å². The van der Waals surface area contributed by atoms with Crippen molar-refractivity contribution in [1.82, 2.24) is 9.55 Å². The summed E-state index contributed by atoms with van der Waals surface area (Å²) < 4.78 is 1.24. The van der Waals surface area contributed by atoms with Gasteiger partial charge in [-0.1, -0.05) is 0 Å². The van der Waals surface area contributed by atoms with Crippen molar-refractivity contribution in [3.8, 4) is 0 Å². The van der Waals surface area contributed by atoms with E-state index in [1.807, 2.05) is 12.3 Å². The van der Waals surface area contributed by atoms with Gasteiger partial charge in [0.15, 0.2) is 0 Å². The molecule has 0 unspecified atom stereocenters. The van der Waals surface area contributed by atoms with Gasteiger partial charge in [-0.25, -0.2) is 9.78 Å². The van der Waals surface area contributed by atoms with Crippen LogP contribution in [-0.2, 0) is 4.79 Å². The predicted molar refractivity (Wildman–Crippen MR) is 75.4 cm³/mol. The van der Waals surface area contributed by atoms with E-state index in [0.29, 0.717) is 16.6 Å². The number of aliphatic carboxylic acids is 1. The summed E-state index contributed by atoms with van der Waals surface area (Å²) in [7, 11) is 0. The van der Waals surface area contributed by atoms with Crippen LogP contribution in [0, 0.1) is 0 Å². The summed E-state index contributed by atoms with van der Waals surface area (Å²) in [5.41, 5.74) is 0.652. The van der Waals surface area contributed by atoms with Gasteiger partial charge in [-0.05, 0) is 31.4 Å². The number of aromatic nitrogens is 2. The quantitative estimate of drug-likeness (QED) is 0.686. The zero-order valence-corrected chi connectivity index (χ0v) is 11.3.